The van der Waals surface area contributed by atoms with E-state index in [9.17, 15) is 4.79 Å². The molecule has 0 bridgehead atoms. The Bertz CT molecular complexity index is 569. The lowest BCUT2D eigenvalue weighted by Gasteiger charge is -2.18. The molecule has 0 spiro atoms. The molecule has 0 fully saturated rings. The summed E-state index contributed by atoms with van der Waals surface area (Å²) in [5.41, 5.74) is 0.898. The Morgan fingerprint density at radius 2 is 1.95 bits per heavy atom. The highest BCUT2D eigenvalue weighted by molar-refractivity contribution is 6.03. The predicted octanol–water partition coefficient (Wildman–Crippen LogP) is 3.65. The molecule has 1 aromatic carbocycles. The van der Waals surface area contributed by atoms with Gasteiger partial charge in [-0.05, 0) is 44.2 Å². The molecule has 1 heterocycles. The van der Waals surface area contributed by atoms with Crippen molar-refractivity contribution in [1.29, 1.82) is 0 Å². The average Bonchev–Trinajstić information content (AvgIpc) is 2.84. The van der Waals surface area contributed by atoms with Gasteiger partial charge in [-0.1, -0.05) is 18.2 Å². The minimum Gasteiger partial charge on any atom is -0.462 e. The lowest BCUT2D eigenvalue weighted by atomic mass is 10.2. The number of amides is 1. The van der Waals surface area contributed by atoms with E-state index in [1.807, 2.05) is 56.3 Å². The van der Waals surface area contributed by atoms with Crippen molar-refractivity contribution in [2.24, 2.45) is 0 Å². The number of likely N-dealkylation sites (N-methyl/N-ethyl adjacent to an activating group) is 1. The number of furan rings is 1. The van der Waals surface area contributed by atoms with Crippen LogP contribution >= 0.6 is 0 Å². The van der Waals surface area contributed by atoms with E-state index in [1.165, 1.54) is 6.08 Å². The molecule has 0 atom stereocenters. The van der Waals surface area contributed by atoms with Crippen molar-refractivity contribution in [1.82, 2.24) is 0 Å². The minimum atomic E-state index is -0.0530. The molecule has 0 aliphatic rings. The molecular formula is C16H17NO2. The van der Waals surface area contributed by atoms with Gasteiger partial charge in [0.2, 0.25) is 0 Å². The molecule has 1 amide bonds. The Balaban J connectivity index is 2.12. The number of hydrogen-bond acceptors (Lipinski definition) is 2. The van der Waals surface area contributed by atoms with E-state index in [0.717, 1.165) is 11.4 Å². The van der Waals surface area contributed by atoms with Crippen LogP contribution in [0.2, 0.25) is 0 Å². The first kappa shape index (κ1) is 13.1. The largest absolute Gasteiger partial charge is 0.462 e. The van der Waals surface area contributed by atoms with Gasteiger partial charge in [-0.2, -0.15) is 0 Å². The summed E-state index contributed by atoms with van der Waals surface area (Å²) < 4.78 is 5.40. The van der Waals surface area contributed by atoms with E-state index >= 15 is 0 Å². The lowest BCUT2D eigenvalue weighted by molar-refractivity contribution is -0.114. The van der Waals surface area contributed by atoms with Gasteiger partial charge in [-0.15, -0.1) is 0 Å². The number of nitrogens with zero attached hydrogens (tertiary/aromatic N) is 1. The Kier molecular flexibility index (Phi) is 4.18. The Morgan fingerprint density at radius 1 is 1.21 bits per heavy atom. The van der Waals surface area contributed by atoms with Crippen LogP contribution in [-0.4, -0.2) is 12.5 Å². The maximum Gasteiger partial charge on any atom is 0.251 e. The summed E-state index contributed by atoms with van der Waals surface area (Å²) in [5.74, 6) is 1.47. The first-order valence-corrected chi connectivity index (χ1v) is 6.31. The van der Waals surface area contributed by atoms with Gasteiger partial charge in [-0.3, -0.25) is 4.79 Å². The third kappa shape index (κ3) is 3.35. The summed E-state index contributed by atoms with van der Waals surface area (Å²) in [4.78, 5) is 13.9. The number of hydrogen-bond donors (Lipinski definition) is 0. The van der Waals surface area contributed by atoms with Crippen LogP contribution in [-0.2, 0) is 4.79 Å². The van der Waals surface area contributed by atoms with Crippen LogP contribution in [0.5, 0.6) is 0 Å². The van der Waals surface area contributed by atoms with Gasteiger partial charge in [0, 0.05) is 18.3 Å². The fourth-order valence-electron chi connectivity index (χ4n) is 1.86. The van der Waals surface area contributed by atoms with Crippen LogP contribution in [0.1, 0.15) is 18.4 Å². The minimum absolute atomic E-state index is 0.0530. The van der Waals surface area contributed by atoms with Crippen molar-refractivity contribution in [2.45, 2.75) is 13.8 Å². The summed E-state index contributed by atoms with van der Waals surface area (Å²) in [6.45, 7) is 4.46. The zero-order valence-corrected chi connectivity index (χ0v) is 11.2. The number of carbonyl (C=O) groups is 1. The fourth-order valence-corrected chi connectivity index (χ4v) is 1.86. The monoisotopic (exact) mass is 255 g/mol. The van der Waals surface area contributed by atoms with Crippen LogP contribution in [0.4, 0.5) is 5.69 Å². The molecule has 0 unspecified atom stereocenters. The van der Waals surface area contributed by atoms with Crippen LogP contribution in [0.25, 0.3) is 6.08 Å². The molecule has 0 N–H and O–H groups in total. The summed E-state index contributed by atoms with van der Waals surface area (Å²) in [6.07, 6.45) is 3.23. The zero-order chi connectivity index (χ0) is 13.7. The zero-order valence-electron chi connectivity index (χ0n) is 11.2. The Labute approximate surface area is 113 Å². The highest BCUT2D eigenvalue weighted by Crippen LogP contribution is 2.14. The normalized spacial score (nSPS) is 10.8. The Hall–Kier alpha value is -2.29. The van der Waals surface area contributed by atoms with Crippen molar-refractivity contribution in [2.75, 3.05) is 11.4 Å². The van der Waals surface area contributed by atoms with Gasteiger partial charge >= 0.3 is 0 Å². The van der Waals surface area contributed by atoms with E-state index in [2.05, 4.69) is 0 Å². The topological polar surface area (TPSA) is 33.5 Å². The summed E-state index contributed by atoms with van der Waals surface area (Å²) >= 11 is 0. The highest BCUT2D eigenvalue weighted by Gasteiger charge is 2.10. The van der Waals surface area contributed by atoms with Crippen molar-refractivity contribution < 1.29 is 9.21 Å². The molecule has 0 radical (unpaired) electrons. The third-order valence-corrected chi connectivity index (χ3v) is 2.80. The molecule has 0 saturated heterocycles. The van der Waals surface area contributed by atoms with E-state index in [0.29, 0.717) is 12.3 Å². The van der Waals surface area contributed by atoms with Crippen molar-refractivity contribution >= 4 is 17.7 Å². The first-order valence-electron chi connectivity index (χ1n) is 6.31. The third-order valence-electron chi connectivity index (χ3n) is 2.80. The maximum atomic E-state index is 12.2. The number of para-hydroxylation sites is 1. The maximum absolute atomic E-state index is 12.2. The highest BCUT2D eigenvalue weighted by atomic mass is 16.3. The molecule has 1 aromatic heterocycles. The van der Waals surface area contributed by atoms with Crippen molar-refractivity contribution in [3.8, 4) is 0 Å². The van der Waals surface area contributed by atoms with E-state index < -0.39 is 0 Å². The summed E-state index contributed by atoms with van der Waals surface area (Å²) in [7, 11) is 0. The number of benzene rings is 1. The van der Waals surface area contributed by atoms with E-state index in [-0.39, 0.29) is 5.91 Å². The van der Waals surface area contributed by atoms with Gasteiger partial charge < -0.3 is 9.32 Å². The van der Waals surface area contributed by atoms with Crippen LogP contribution in [0.3, 0.4) is 0 Å². The van der Waals surface area contributed by atoms with E-state index in [4.69, 9.17) is 4.42 Å². The van der Waals surface area contributed by atoms with Crippen molar-refractivity contribution in [3.63, 3.8) is 0 Å². The quantitative estimate of drug-likeness (QED) is 0.781. The number of rotatable bonds is 4. The standard InChI is InChI=1S/C16H17NO2/c1-3-17(14-7-5-4-6-8-14)16(18)12-11-15-10-9-13(2)19-15/h4-12H,3H2,1-2H3. The first-order chi connectivity index (χ1) is 9.20. The second-order valence-electron chi connectivity index (χ2n) is 4.20. The van der Waals surface area contributed by atoms with Gasteiger partial charge in [-0.25, -0.2) is 0 Å². The van der Waals surface area contributed by atoms with Gasteiger partial charge in [0.15, 0.2) is 0 Å². The lowest BCUT2D eigenvalue weighted by Crippen LogP contribution is -2.28. The molecule has 3 nitrogen and oxygen atoms in total. The van der Waals surface area contributed by atoms with Crippen molar-refractivity contribution in [3.05, 3.63) is 60.1 Å². The predicted molar refractivity (Wildman–Crippen MR) is 76.9 cm³/mol. The summed E-state index contributed by atoms with van der Waals surface area (Å²) in [6, 6.07) is 13.3. The molecule has 2 rings (SSSR count). The van der Waals surface area contributed by atoms with Crippen LogP contribution in [0, 0.1) is 6.92 Å². The second-order valence-corrected chi connectivity index (χ2v) is 4.20. The van der Waals surface area contributed by atoms with Gasteiger partial charge in [0.25, 0.3) is 5.91 Å². The average molecular weight is 255 g/mol. The molecule has 0 saturated carbocycles. The van der Waals surface area contributed by atoms with E-state index in [1.54, 1.807) is 11.0 Å². The molecule has 0 aliphatic heterocycles. The summed E-state index contributed by atoms with van der Waals surface area (Å²) in [5, 5.41) is 0. The van der Waals surface area contributed by atoms with Crippen LogP contribution < -0.4 is 4.90 Å². The van der Waals surface area contributed by atoms with Gasteiger partial charge in [0.05, 0.1) is 0 Å². The molecule has 2 aromatic rings. The molecular weight excluding hydrogens is 238 g/mol. The number of aryl methyl sites for hydroxylation is 1. The number of carbonyl (C=O) groups excluding carboxylic acids is 1. The molecule has 19 heavy (non-hydrogen) atoms. The Morgan fingerprint density at radius 3 is 2.53 bits per heavy atom. The van der Waals surface area contributed by atoms with Gasteiger partial charge in [0.1, 0.15) is 11.5 Å². The molecule has 3 heteroatoms. The molecule has 98 valence electrons. The van der Waals surface area contributed by atoms with Crippen LogP contribution in [0.15, 0.2) is 53.0 Å². The molecule has 0 aliphatic carbocycles. The number of anilines is 1. The SMILES string of the molecule is CCN(C(=O)C=Cc1ccc(C)o1)c1ccccc1. The fraction of sp³-hybridized carbons (Fsp3) is 0.188. The smallest absolute Gasteiger partial charge is 0.251 e. The second kappa shape index (κ2) is 6.05.